The third kappa shape index (κ3) is 3.37. The van der Waals surface area contributed by atoms with Crippen LogP contribution in [0.1, 0.15) is 21.5 Å². The van der Waals surface area contributed by atoms with Gasteiger partial charge >= 0.3 is 6.18 Å². The van der Waals surface area contributed by atoms with Gasteiger partial charge < -0.3 is 0 Å². The van der Waals surface area contributed by atoms with Crippen LogP contribution < -0.4 is 0 Å². The Balaban J connectivity index is 2.10. The van der Waals surface area contributed by atoms with Crippen LogP contribution in [0.25, 0.3) is 0 Å². The van der Waals surface area contributed by atoms with E-state index in [2.05, 4.69) is 10.2 Å². The highest BCUT2D eigenvalue weighted by molar-refractivity contribution is 5.97. The Bertz CT molecular complexity index is 565. The number of carbonyl (C=O) groups excluding carboxylic acids is 1. The van der Waals surface area contributed by atoms with Gasteiger partial charge in [-0.15, -0.1) is 0 Å². The first-order chi connectivity index (χ1) is 8.97. The van der Waals surface area contributed by atoms with Crippen molar-refractivity contribution in [2.45, 2.75) is 12.6 Å². The Morgan fingerprint density at radius 3 is 2.26 bits per heavy atom. The fourth-order valence-corrected chi connectivity index (χ4v) is 1.55. The number of aromatic nitrogens is 2. The van der Waals surface area contributed by atoms with Gasteiger partial charge in [-0.2, -0.15) is 23.4 Å². The smallest absolute Gasteiger partial charge is 0.294 e. The average molecular weight is 266 g/mol. The molecule has 2 aromatic rings. The lowest BCUT2D eigenvalue weighted by Gasteiger charge is -2.07. The van der Waals surface area contributed by atoms with Crippen LogP contribution in [0.2, 0.25) is 0 Å². The maximum Gasteiger partial charge on any atom is 0.416 e. The Hall–Kier alpha value is -2.24. The SMILES string of the molecule is O=C(Cc1ccc(C(F)(F)F)cc1)c1ccnnc1. The zero-order chi connectivity index (χ0) is 13.9. The number of halogens is 3. The second kappa shape index (κ2) is 5.17. The van der Waals surface area contributed by atoms with Crippen LogP contribution in [0.15, 0.2) is 42.7 Å². The second-order valence-electron chi connectivity index (χ2n) is 3.93. The second-order valence-corrected chi connectivity index (χ2v) is 3.93. The quantitative estimate of drug-likeness (QED) is 0.802. The highest BCUT2D eigenvalue weighted by Gasteiger charge is 2.29. The van der Waals surface area contributed by atoms with Crippen LogP contribution in [-0.2, 0) is 12.6 Å². The van der Waals surface area contributed by atoms with Crippen LogP contribution in [0.3, 0.4) is 0 Å². The van der Waals surface area contributed by atoms with Crippen molar-refractivity contribution in [2.24, 2.45) is 0 Å². The molecule has 0 N–H and O–H groups in total. The molecule has 0 saturated heterocycles. The molecule has 0 fully saturated rings. The standard InChI is InChI=1S/C13H9F3N2O/c14-13(15,16)11-3-1-9(2-4-11)7-12(19)10-5-6-17-18-8-10/h1-6,8H,7H2. The van der Waals surface area contributed by atoms with Crippen molar-refractivity contribution in [3.05, 3.63) is 59.4 Å². The molecule has 0 spiro atoms. The van der Waals surface area contributed by atoms with Gasteiger partial charge in [-0.05, 0) is 23.8 Å². The number of nitrogens with zero attached hydrogens (tertiary/aromatic N) is 2. The maximum absolute atomic E-state index is 12.4. The van der Waals surface area contributed by atoms with E-state index in [0.717, 1.165) is 12.1 Å². The summed E-state index contributed by atoms with van der Waals surface area (Å²) in [6.07, 6.45) is -1.62. The van der Waals surface area contributed by atoms with Crippen molar-refractivity contribution in [1.82, 2.24) is 10.2 Å². The van der Waals surface area contributed by atoms with Gasteiger partial charge in [0.2, 0.25) is 0 Å². The van der Waals surface area contributed by atoms with Gasteiger partial charge in [-0.1, -0.05) is 12.1 Å². The molecule has 1 aromatic carbocycles. The number of ketones is 1. The predicted molar refractivity (Wildman–Crippen MR) is 61.5 cm³/mol. The summed E-state index contributed by atoms with van der Waals surface area (Å²) >= 11 is 0. The lowest BCUT2D eigenvalue weighted by molar-refractivity contribution is -0.137. The number of carbonyl (C=O) groups is 1. The topological polar surface area (TPSA) is 42.9 Å². The lowest BCUT2D eigenvalue weighted by Crippen LogP contribution is -2.07. The molecule has 0 unspecified atom stereocenters. The number of hydrogen-bond donors (Lipinski definition) is 0. The lowest BCUT2D eigenvalue weighted by atomic mass is 10.0. The molecule has 6 heteroatoms. The van der Waals surface area contributed by atoms with Gasteiger partial charge in [-0.3, -0.25) is 4.79 Å². The fraction of sp³-hybridized carbons (Fsp3) is 0.154. The molecule has 0 radical (unpaired) electrons. The largest absolute Gasteiger partial charge is 0.416 e. The van der Waals surface area contributed by atoms with Crippen LogP contribution in [-0.4, -0.2) is 16.0 Å². The first kappa shape index (κ1) is 13.2. The first-order valence-corrected chi connectivity index (χ1v) is 5.43. The van der Waals surface area contributed by atoms with Crippen molar-refractivity contribution < 1.29 is 18.0 Å². The molecule has 0 saturated carbocycles. The van der Waals surface area contributed by atoms with E-state index in [1.165, 1.54) is 30.6 Å². The highest BCUT2D eigenvalue weighted by atomic mass is 19.4. The molecular weight excluding hydrogens is 257 g/mol. The van der Waals surface area contributed by atoms with Crippen molar-refractivity contribution in [3.63, 3.8) is 0 Å². The summed E-state index contributed by atoms with van der Waals surface area (Å²) in [5, 5.41) is 7.12. The van der Waals surface area contributed by atoms with Crippen molar-refractivity contribution in [2.75, 3.05) is 0 Å². The Kier molecular flexibility index (Phi) is 3.59. The zero-order valence-corrected chi connectivity index (χ0v) is 9.69. The van der Waals surface area contributed by atoms with Gasteiger partial charge in [0.25, 0.3) is 0 Å². The summed E-state index contributed by atoms with van der Waals surface area (Å²) < 4.78 is 37.1. The van der Waals surface area contributed by atoms with Gasteiger partial charge in [0.1, 0.15) is 0 Å². The number of rotatable bonds is 3. The molecule has 0 atom stereocenters. The number of Topliss-reactive ketones (excluding diaryl/α,β-unsaturated/α-hetero) is 1. The zero-order valence-electron chi connectivity index (χ0n) is 9.69. The number of hydrogen-bond acceptors (Lipinski definition) is 3. The van der Waals surface area contributed by atoms with E-state index in [9.17, 15) is 18.0 Å². The minimum atomic E-state index is -4.36. The van der Waals surface area contributed by atoms with Crippen molar-refractivity contribution >= 4 is 5.78 Å². The van der Waals surface area contributed by atoms with Crippen LogP contribution in [0.4, 0.5) is 13.2 Å². The molecule has 19 heavy (non-hydrogen) atoms. The summed E-state index contributed by atoms with van der Waals surface area (Å²) in [6, 6.07) is 6.05. The van der Waals surface area contributed by atoms with Crippen molar-refractivity contribution in [3.8, 4) is 0 Å². The number of alkyl halides is 3. The van der Waals surface area contributed by atoms with E-state index in [-0.39, 0.29) is 12.2 Å². The highest BCUT2D eigenvalue weighted by Crippen LogP contribution is 2.29. The minimum absolute atomic E-state index is 0.0316. The van der Waals surface area contributed by atoms with E-state index in [1.54, 1.807) is 0 Å². The van der Waals surface area contributed by atoms with E-state index in [0.29, 0.717) is 11.1 Å². The summed E-state index contributed by atoms with van der Waals surface area (Å²) in [5.74, 6) is -0.213. The molecule has 3 nitrogen and oxygen atoms in total. The van der Waals surface area contributed by atoms with Gasteiger partial charge in [0, 0.05) is 12.0 Å². The van der Waals surface area contributed by atoms with Crippen LogP contribution in [0, 0.1) is 0 Å². The van der Waals surface area contributed by atoms with E-state index in [4.69, 9.17) is 0 Å². The Morgan fingerprint density at radius 1 is 1.05 bits per heavy atom. The molecule has 0 aliphatic rings. The van der Waals surface area contributed by atoms with Crippen molar-refractivity contribution in [1.29, 1.82) is 0 Å². The molecule has 0 bridgehead atoms. The monoisotopic (exact) mass is 266 g/mol. The summed E-state index contributed by atoms with van der Waals surface area (Å²) in [5.41, 5.74) is 0.180. The average Bonchev–Trinajstić information content (AvgIpc) is 2.39. The summed E-state index contributed by atoms with van der Waals surface area (Å²) in [6.45, 7) is 0. The summed E-state index contributed by atoms with van der Waals surface area (Å²) in [7, 11) is 0. The molecule has 98 valence electrons. The van der Waals surface area contributed by atoms with Crippen LogP contribution in [0.5, 0.6) is 0 Å². The normalized spacial score (nSPS) is 11.3. The third-order valence-electron chi connectivity index (χ3n) is 2.55. The maximum atomic E-state index is 12.4. The number of benzene rings is 1. The summed E-state index contributed by atoms with van der Waals surface area (Å²) in [4.78, 5) is 11.8. The molecule has 0 aliphatic carbocycles. The van der Waals surface area contributed by atoms with E-state index in [1.807, 2.05) is 0 Å². The molecule has 0 amide bonds. The Morgan fingerprint density at radius 2 is 1.74 bits per heavy atom. The predicted octanol–water partition coefficient (Wildman–Crippen LogP) is 2.92. The molecule has 1 heterocycles. The van der Waals surface area contributed by atoms with Gasteiger partial charge in [0.05, 0.1) is 18.0 Å². The molecule has 0 aliphatic heterocycles. The molecule has 1 aromatic heterocycles. The van der Waals surface area contributed by atoms with Gasteiger partial charge in [-0.25, -0.2) is 0 Å². The van der Waals surface area contributed by atoms with Gasteiger partial charge in [0.15, 0.2) is 5.78 Å². The van der Waals surface area contributed by atoms with E-state index >= 15 is 0 Å². The minimum Gasteiger partial charge on any atom is -0.294 e. The van der Waals surface area contributed by atoms with Crippen LogP contribution >= 0.6 is 0 Å². The fourth-order valence-electron chi connectivity index (χ4n) is 1.55. The first-order valence-electron chi connectivity index (χ1n) is 5.43. The molecular formula is C13H9F3N2O. The molecule has 2 rings (SSSR count). The Labute approximate surface area is 107 Å². The van der Waals surface area contributed by atoms with E-state index < -0.39 is 11.7 Å². The third-order valence-corrected chi connectivity index (χ3v) is 2.55.